The van der Waals surface area contributed by atoms with Crippen LogP contribution in [0, 0.1) is 0 Å². The normalized spacial score (nSPS) is 27.2. The maximum atomic E-state index is 11.1. The van der Waals surface area contributed by atoms with Crippen LogP contribution in [0.4, 0.5) is 0 Å². The summed E-state index contributed by atoms with van der Waals surface area (Å²) < 4.78 is 11.2. The minimum Gasteiger partial charge on any atom is -0.378 e. The second-order valence-electron chi connectivity index (χ2n) is 4.18. The molecule has 3 rings (SSSR count). The molecule has 1 amide bonds. The number of pyridine rings is 1. The van der Waals surface area contributed by atoms with E-state index in [2.05, 4.69) is 4.98 Å². The van der Waals surface area contributed by atoms with E-state index in [4.69, 9.17) is 15.2 Å². The molecule has 2 aliphatic heterocycles. The summed E-state index contributed by atoms with van der Waals surface area (Å²) in [5, 5.41) is 0. The summed E-state index contributed by atoms with van der Waals surface area (Å²) in [5.41, 5.74) is 7.17. The van der Waals surface area contributed by atoms with Gasteiger partial charge >= 0.3 is 0 Å². The van der Waals surface area contributed by atoms with E-state index >= 15 is 0 Å². The molecular weight excluding hydrogens is 208 g/mol. The fourth-order valence-corrected chi connectivity index (χ4v) is 2.32. The monoisotopic (exact) mass is 220 g/mol. The van der Waals surface area contributed by atoms with Crippen molar-refractivity contribution in [1.29, 1.82) is 0 Å². The van der Waals surface area contributed by atoms with Gasteiger partial charge in [0.1, 0.15) is 11.3 Å². The van der Waals surface area contributed by atoms with Crippen LogP contribution in [0.3, 0.4) is 0 Å². The molecule has 0 aliphatic carbocycles. The molecule has 2 aliphatic rings. The molecule has 1 saturated heterocycles. The van der Waals surface area contributed by atoms with E-state index in [1.807, 2.05) is 0 Å². The molecule has 5 heteroatoms. The molecule has 0 bridgehead atoms. The summed E-state index contributed by atoms with van der Waals surface area (Å²) in [6.07, 6.45) is 2.49. The molecule has 84 valence electrons. The molecular formula is C11H12N2O3. The highest BCUT2D eigenvalue weighted by Crippen LogP contribution is 2.42. The van der Waals surface area contributed by atoms with Crippen LogP contribution in [0.1, 0.15) is 28.0 Å². The number of nitrogens with zero attached hydrogens (tertiary/aromatic N) is 1. The van der Waals surface area contributed by atoms with Crippen molar-refractivity contribution < 1.29 is 14.3 Å². The van der Waals surface area contributed by atoms with Gasteiger partial charge in [-0.1, -0.05) is 0 Å². The molecule has 1 fully saturated rings. The Morgan fingerprint density at radius 3 is 3.12 bits per heavy atom. The zero-order chi connectivity index (χ0) is 11.2. The Kier molecular flexibility index (Phi) is 1.99. The number of aromatic nitrogens is 1. The van der Waals surface area contributed by atoms with Crippen molar-refractivity contribution in [2.45, 2.75) is 18.6 Å². The quantitative estimate of drug-likeness (QED) is 0.740. The summed E-state index contributed by atoms with van der Waals surface area (Å²) in [4.78, 5) is 15.1. The van der Waals surface area contributed by atoms with E-state index in [-0.39, 0.29) is 11.3 Å². The molecule has 1 spiro atoms. The van der Waals surface area contributed by atoms with E-state index < -0.39 is 5.91 Å². The van der Waals surface area contributed by atoms with Crippen molar-refractivity contribution in [2.75, 3.05) is 13.2 Å². The van der Waals surface area contributed by atoms with E-state index in [0.717, 1.165) is 17.5 Å². The lowest BCUT2D eigenvalue weighted by Crippen LogP contribution is -2.26. The fraction of sp³-hybridized carbons (Fsp3) is 0.455. The highest BCUT2D eigenvalue weighted by molar-refractivity contribution is 5.91. The summed E-state index contributed by atoms with van der Waals surface area (Å²) in [6.45, 7) is 1.76. The topological polar surface area (TPSA) is 74.4 Å². The Morgan fingerprint density at radius 2 is 2.44 bits per heavy atom. The Balaban J connectivity index is 2.09. The average molecular weight is 220 g/mol. The van der Waals surface area contributed by atoms with Gasteiger partial charge in [-0.2, -0.15) is 0 Å². The van der Waals surface area contributed by atoms with Crippen LogP contribution in [0.2, 0.25) is 0 Å². The van der Waals surface area contributed by atoms with Gasteiger partial charge in [-0.15, -0.1) is 0 Å². The van der Waals surface area contributed by atoms with Crippen molar-refractivity contribution in [2.24, 2.45) is 5.73 Å². The number of primary amides is 1. The molecule has 1 aromatic heterocycles. The number of amides is 1. The molecule has 16 heavy (non-hydrogen) atoms. The number of nitrogens with two attached hydrogens (primary N) is 1. The van der Waals surface area contributed by atoms with Crippen LogP contribution >= 0.6 is 0 Å². The summed E-state index contributed by atoms with van der Waals surface area (Å²) in [5.74, 6) is -0.510. The molecule has 1 unspecified atom stereocenters. The maximum absolute atomic E-state index is 11.1. The van der Waals surface area contributed by atoms with Gasteiger partial charge in [-0.25, -0.2) is 0 Å². The number of ether oxygens (including phenoxy) is 2. The van der Waals surface area contributed by atoms with Gasteiger partial charge in [-0.05, 0) is 11.6 Å². The summed E-state index contributed by atoms with van der Waals surface area (Å²) in [7, 11) is 0. The molecule has 0 aromatic carbocycles. The van der Waals surface area contributed by atoms with E-state index in [1.54, 1.807) is 12.3 Å². The van der Waals surface area contributed by atoms with Crippen LogP contribution < -0.4 is 5.73 Å². The number of carbonyl (C=O) groups excluding carboxylic acids is 1. The lowest BCUT2D eigenvalue weighted by atomic mass is 9.92. The number of fused-ring (bicyclic) bond motifs is 2. The first-order valence-electron chi connectivity index (χ1n) is 5.22. The lowest BCUT2D eigenvalue weighted by Gasteiger charge is -2.21. The zero-order valence-corrected chi connectivity index (χ0v) is 8.73. The molecule has 1 aromatic rings. The van der Waals surface area contributed by atoms with Crippen LogP contribution in [-0.2, 0) is 21.7 Å². The lowest BCUT2D eigenvalue weighted by molar-refractivity contribution is -0.0421. The Labute approximate surface area is 92.6 Å². The van der Waals surface area contributed by atoms with Crippen molar-refractivity contribution in [1.82, 2.24) is 4.98 Å². The maximum Gasteiger partial charge on any atom is 0.267 e. The summed E-state index contributed by atoms with van der Waals surface area (Å²) >= 11 is 0. The molecule has 0 saturated carbocycles. The van der Waals surface area contributed by atoms with Crippen LogP contribution in [0.5, 0.6) is 0 Å². The summed E-state index contributed by atoms with van der Waals surface area (Å²) in [6, 6.07) is 1.74. The van der Waals surface area contributed by atoms with Crippen molar-refractivity contribution in [3.05, 3.63) is 29.1 Å². The molecule has 3 heterocycles. The second-order valence-corrected chi connectivity index (χ2v) is 4.18. The molecule has 0 radical (unpaired) electrons. The fourth-order valence-electron chi connectivity index (χ4n) is 2.32. The third-order valence-corrected chi connectivity index (χ3v) is 3.22. The highest BCUT2D eigenvalue weighted by atomic mass is 16.6. The van der Waals surface area contributed by atoms with Gasteiger partial charge in [0.15, 0.2) is 0 Å². The number of hydrogen-bond acceptors (Lipinski definition) is 4. The third kappa shape index (κ3) is 1.25. The second kappa shape index (κ2) is 3.26. The van der Waals surface area contributed by atoms with Crippen molar-refractivity contribution >= 4 is 5.91 Å². The minimum atomic E-state index is -0.510. The van der Waals surface area contributed by atoms with Crippen LogP contribution in [-0.4, -0.2) is 24.1 Å². The zero-order valence-electron chi connectivity index (χ0n) is 8.73. The van der Waals surface area contributed by atoms with Gasteiger partial charge in [-0.3, -0.25) is 9.78 Å². The van der Waals surface area contributed by atoms with Gasteiger partial charge < -0.3 is 15.2 Å². The van der Waals surface area contributed by atoms with Gasteiger partial charge in [0.25, 0.3) is 5.91 Å². The number of carbonyl (C=O) groups is 1. The predicted octanol–water partition coefficient (Wildman–Crippen LogP) is 0.326. The van der Waals surface area contributed by atoms with Gasteiger partial charge in [0, 0.05) is 24.8 Å². The average Bonchev–Trinajstić information content (AvgIpc) is 2.88. The van der Waals surface area contributed by atoms with E-state index in [0.29, 0.717) is 19.8 Å². The first-order chi connectivity index (χ1) is 7.71. The Hall–Kier alpha value is -1.46. The molecule has 1 atom stereocenters. The largest absolute Gasteiger partial charge is 0.378 e. The highest BCUT2D eigenvalue weighted by Gasteiger charge is 2.43. The van der Waals surface area contributed by atoms with Crippen LogP contribution in [0.15, 0.2) is 12.3 Å². The standard InChI is InChI=1S/C11H12N2O3/c12-10(14)9-3-8-7(4-13-9)5-16-11(8)1-2-15-6-11/h3-4H,1-2,5-6H2,(H2,12,14). The van der Waals surface area contributed by atoms with Gasteiger partial charge in [0.05, 0.1) is 13.2 Å². The SMILES string of the molecule is NC(=O)c1cc2c(cn1)COC21CCOC1. The third-order valence-electron chi connectivity index (χ3n) is 3.22. The number of hydrogen-bond donors (Lipinski definition) is 1. The van der Waals surface area contributed by atoms with Crippen molar-refractivity contribution in [3.63, 3.8) is 0 Å². The molecule has 5 nitrogen and oxygen atoms in total. The smallest absolute Gasteiger partial charge is 0.267 e. The molecule has 2 N–H and O–H groups in total. The predicted molar refractivity (Wildman–Crippen MR) is 54.7 cm³/mol. The first-order valence-corrected chi connectivity index (χ1v) is 5.22. The Morgan fingerprint density at radius 1 is 1.56 bits per heavy atom. The Bertz CT molecular complexity index is 453. The van der Waals surface area contributed by atoms with Crippen LogP contribution in [0.25, 0.3) is 0 Å². The number of rotatable bonds is 1. The van der Waals surface area contributed by atoms with Crippen molar-refractivity contribution in [3.8, 4) is 0 Å². The van der Waals surface area contributed by atoms with E-state index in [9.17, 15) is 4.79 Å². The van der Waals surface area contributed by atoms with E-state index in [1.165, 1.54) is 0 Å². The first kappa shape index (κ1) is 9.74. The van der Waals surface area contributed by atoms with Gasteiger partial charge in [0.2, 0.25) is 0 Å². The minimum absolute atomic E-state index is 0.288.